The van der Waals surface area contributed by atoms with E-state index >= 15 is 0 Å². The molecular weight excluding hydrogens is 347 g/mol. The number of rotatable bonds is 6. The summed E-state index contributed by atoms with van der Waals surface area (Å²) in [5, 5.41) is 8.82. The van der Waals surface area contributed by atoms with Gasteiger partial charge >= 0.3 is 5.97 Å². The molecule has 1 N–H and O–H groups in total. The number of nitrogens with zero attached hydrogens (tertiary/aromatic N) is 1. The normalized spacial score (nSPS) is 10.9. The fraction of sp³-hybridized carbons (Fsp3) is 0.176. The highest BCUT2D eigenvalue weighted by atomic mass is 32.2. The molecule has 0 saturated heterocycles. The van der Waals surface area contributed by atoms with Crippen LogP contribution in [0, 0.1) is 17.1 Å². The lowest BCUT2D eigenvalue weighted by Crippen LogP contribution is -2.23. The third-order valence-corrected chi connectivity index (χ3v) is 4.79. The van der Waals surface area contributed by atoms with Crippen LogP contribution in [-0.2, 0) is 21.4 Å². The highest BCUT2D eigenvalue weighted by Gasteiger charge is 2.16. The van der Waals surface area contributed by atoms with Gasteiger partial charge in [0.15, 0.2) is 0 Å². The molecule has 0 fully saturated rings. The standard InChI is InChI=1S/C17H15FN2O4S/c1-2-20-25(22,23)15-5-3-4-13(9-15)17(21)24-11-14-8-12(10-19)6-7-16(14)18/h3-9,20H,2,11H2,1H3. The van der Waals surface area contributed by atoms with Crippen LogP contribution in [0.4, 0.5) is 4.39 Å². The van der Waals surface area contributed by atoms with E-state index in [1.54, 1.807) is 6.92 Å². The largest absolute Gasteiger partial charge is 0.457 e. The number of nitriles is 1. The first-order valence-electron chi connectivity index (χ1n) is 7.32. The Labute approximate surface area is 144 Å². The summed E-state index contributed by atoms with van der Waals surface area (Å²) in [5.41, 5.74) is 0.325. The lowest BCUT2D eigenvalue weighted by Gasteiger charge is -2.08. The number of esters is 1. The van der Waals surface area contributed by atoms with Crippen LogP contribution in [0.15, 0.2) is 47.4 Å². The SMILES string of the molecule is CCNS(=O)(=O)c1cccc(C(=O)OCc2cc(C#N)ccc2F)c1. The molecule has 2 aromatic carbocycles. The minimum Gasteiger partial charge on any atom is -0.457 e. The molecule has 0 amide bonds. The van der Waals surface area contributed by atoms with Crippen molar-refractivity contribution in [2.24, 2.45) is 0 Å². The fourth-order valence-electron chi connectivity index (χ4n) is 2.05. The van der Waals surface area contributed by atoms with E-state index in [0.29, 0.717) is 0 Å². The highest BCUT2D eigenvalue weighted by Crippen LogP contribution is 2.15. The quantitative estimate of drug-likeness (QED) is 0.796. The summed E-state index contributed by atoms with van der Waals surface area (Å²) in [6, 6.07) is 10.9. The monoisotopic (exact) mass is 362 g/mol. The van der Waals surface area contributed by atoms with Crippen molar-refractivity contribution >= 4 is 16.0 Å². The van der Waals surface area contributed by atoms with Crippen molar-refractivity contribution in [2.75, 3.05) is 6.54 Å². The number of carbonyl (C=O) groups excluding carboxylic acids is 1. The Morgan fingerprint density at radius 3 is 2.72 bits per heavy atom. The summed E-state index contributed by atoms with van der Waals surface area (Å²) in [7, 11) is -3.70. The van der Waals surface area contributed by atoms with Gasteiger partial charge in [-0.05, 0) is 36.4 Å². The van der Waals surface area contributed by atoms with Crippen molar-refractivity contribution in [3.8, 4) is 6.07 Å². The summed E-state index contributed by atoms with van der Waals surface area (Å²) in [4.78, 5) is 12.0. The topological polar surface area (TPSA) is 96.3 Å². The summed E-state index contributed by atoms with van der Waals surface area (Å²) < 4.78 is 44.9. The smallest absolute Gasteiger partial charge is 0.338 e. The summed E-state index contributed by atoms with van der Waals surface area (Å²) >= 11 is 0. The molecular formula is C17H15FN2O4S. The van der Waals surface area contributed by atoms with Crippen LogP contribution in [0.5, 0.6) is 0 Å². The molecule has 0 spiro atoms. The molecule has 0 aliphatic heterocycles. The van der Waals surface area contributed by atoms with Crippen LogP contribution in [0.3, 0.4) is 0 Å². The highest BCUT2D eigenvalue weighted by molar-refractivity contribution is 7.89. The zero-order valence-corrected chi connectivity index (χ0v) is 14.1. The third-order valence-electron chi connectivity index (χ3n) is 3.25. The predicted molar refractivity (Wildman–Crippen MR) is 87.5 cm³/mol. The molecule has 0 bridgehead atoms. The van der Waals surface area contributed by atoms with Crippen LogP contribution in [0.1, 0.15) is 28.4 Å². The van der Waals surface area contributed by atoms with Crippen LogP contribution in [0.25, 0.3) is 0 Å². The van der Waals surface area contributed by atoms with Crippen LogP contribution in [-0.4, -0.2) is 20.9 Å². The number of halogens is 1. The van der Waals surface area contributed by atoms with Crippen LogP contribution in [0.2, 0.25) is 0 Å². The molecule has 0 saturated carbocycles. The average molecular weight is 362 g/mol. The van der Waals surface area contributed by atoms with Gasteiger partial charge in [0.1, 0.15) is 12.4 Å². The van der Waals surface area contributed by atoms with E-state index in [-0.39, 0.29) is 34.7 Å². The molecule has 25 heavy (non-hydrogen) atoms. The molecule has 0 heterocycles. The molecule has 0 atom stereocenters. The predicted octanol–water partition coefficient (Wildman–Crippen LogP) is 2.35. The first kappa shape index (κ1) is 18.6. The first-order chi connectivity index (χ1) is 11.9. The van der Waals surface area contributed by atoms with E-state index in [0.717, 1.165) is 6.07 Å². The van der Waals surface area contributed by atoms with E-state index in [1.165, 1.54) is 36.4 Å². The minimum atomic E-state index is -3.70. The Morgan fingerprint density at radius 2 is 2.04 bits per heavy atom. The number of hydrogen-bond donors (Lipinski definition) is 1. The maximum Gasteiger partial charge on any atom is 0.338 e. The van der Waals surface area contributed by atoms with Crippen molar-refractivity contribution in [1.29, 1.82) is 5.26 Å². The molecule has 0 radical (unpaired) electrons. The molecule has 2 aromatic rings. The van der Waals surface area contributed by atoms with Crippen molar-refractivity contribution < 1.29 is 22.3 Å². The number of benzene rings is 2. The Morgan fingerprint density at radius 1 is 1.28 bits per heavy atom. The van der Waals surface area contributed by atoms with Gasteiger partial charge in [0.2, 0.25) is 10.0 Å². The maximum absolute atomic E-state index is 13.7. The second-order valence-corrected chi connectivity index (χ2v) is 6.79. The van der Waals surface area contributed by atoms with Gasteiger partial charge in [-0.1, -0.05) is 13.0 Å². The lowest BCUT2D eigenvalue weighted by atomic mass is 10.1. The molecule has 6 nitrogen and oxygen atoms in total. The van der Waals surface area contributed by atoms with E-state index in [9.17, 15) is 17.6 Å². The van der Waals surface area contributed by atoms with Gasteiger partial charge in [-0.25, -0.2) is 22.3 Å². The zero-order chi connectivity index (χ0) is 18.4. The van der Waals surface area contributed by atoms with Gasteiger partial charge in [0.05, 0.1) is 22.1 Å². The number of carbonyl (C=O) groups is 1. The Hall–Kier alpha value is -2.76. The van der Waals surface area contributed by atoms with Gasteiger partial charge in [-0.3, -0.25) is 0 Å². The van der Waals surface area contributed by atoms with Crippen LogP contribution >= 0.6 is 0 Å². The molecule has 0 aliphatic carbocycles. The molecule has 0 aliphatic rings. The summed E-state index contributed by atoms with van der Waals surface area (Å²) in [5.74, 6) is -1.40. The fourth-order valence-corrected chi connectivity index (χ4v) is 3.13. The lowest BCUT2D eigenvalue weighted by molar-refractivity contribution is 0.0468. The molecule has 0 aromatic heterocycles. The van der Waals surface area contributed by atoms with Gasteiger partial charge in [-0.15, -0.1) is 0 Å². The Kier molecular flexibility index (Phi) is 5.85. The second-order valence-electron chi connectivity index (χ2n) is 5.02. The molecule has 130 valence electrons. The third kappa shape index (κ3) is 4.62. The summed E-state index contributed by atoms with van der Waals surface area (Å²) in [6.07, 6.45) is 0. The van der Waals surface area contributed by atoms with E-state index < -0.39 is 21.8 Å². The van der Waals surface area contributed by atoms with Crippen molar-refractivity contribution in [3.05, 3.63) is 65.0 Å². The average Bonchev–Trinajstić information content (AvgIpc) is 2.61. The van der Waals surface area contributed by atoms with Crippen molar-refractivity contribution in [3.63, 3.8) is 0 Å². The van der Waals surface area contributed by atoms with Gasteiger partial charge < -0.3 is 4.74 Å². The van der Waals surface area contributed by atoms with Gasteiger partial charge in [0.25, 0.3) is 0 Å². The molecule has 2 rings (SSSR count). The Bertz CT molecular complexity index is 936. The number of sulfonamides is 1. The van der Waals surface area contributed by atoms with E-state index in [1.807, 2.05) is 6.07 Å². The second kappa shape index (κ2) is 7.88. The molecule has 8 heteroatoms. The van der Waals surface area contributed by atoms with Crippen LogP contribution < -0.4 is 4.72 Å². The first-order valence-corrected chi connectivity index (χ1v) is 8.81. The van der Waals surface area contributed by atoms with Gasteiger partial charge in [0, 0.05) is 12.1 Å². The number of hydrogen-bond acceptors (Lipinski definition) is 5. The summed E-state index contributed by atoms with van der Waals surface area (Å²) in [6.45, 7) is 1.48. The van der Waals surface area contributed by atoms with E-state index in [2.05, 4.69) is 4.72 Å². The number of ether oxygens (including phenoxy) is 1. The van der Waals surface area contributed by atoms with E-state index in [4.69, 9.17) is 10.00 Å². The minimum absolute atomic E-state index is 0.0239. The zero-order valence-electron chi connectivity index (χ0n) is 13.3. The Balaban J connectivity index is 2.16. The van der Waals surface area contributed by atoms with Crippen molar-refractivity contribution in [2.45, 2.75) is 18.4 Å². The van der Waals surface area contributed by atoms with Crippen molar-refractivity contribution in [1.82, 2.24) is 4.72 Å². The number of nitrogens with one attached hydrogen (secondary N) is 1. The maximum atomic E-state index is 13.7. The van der Waals surface area contributed by atoms with Gasteiger partial charge in [-0.2, -0.15) is 5.26 Å². The molecule has 0 unspecified atom stereocenters.